The van der Waals surface area contributed by atoms with Gasteiger partial charge in [0.05, 0.1) is 4.90 Å². The molecule has 0 heterocycles. The van der Waals surface area contributed by atoms with Gasteiger partial charge in [0, 0.05) is 23.2 Å². The number of nitrogens with one attached hydrogen (secondary N) is 2. The quantitative estimate of drug-likeness (QED) is 0.249. The fraction of sp³-hybridized carbons (Fsp3) is 0.138. The van der Waals surface area contributed by atoms with E-state index in [4.69, 9.17) is 11.6 Å². The summed E-state index contributed by atoms with van der Waals surface area (Å²) < 4.78 is 28.9. The fourth-order valence-electron chi connectivity index (χ4n) is 4.49. The van der Waals surface area contributed by atoms with Crippen molar-refractivity contribution >= 4 is 33.3 Å². The Balaban J connectivity index is 1.32. The third-order valence-corrected chi connectivity index (χ3v) is 8.41. The smallest absolute Gasteiger partial charge is 0.325 e. The van der Waals surface area contributed by atoms with Crippen molar-refractivity contribution in [2.24, 2.45) is 0 Å². The molecule has 0 spiro atoms. The van der Waals surface area contributed by atoms with Crippen LogP contribution in [0.5, 0.6) is 0 Å². The summed E-state index contributed by atoms with van der Waals surface area (Å²) in [6.45, 7) is 0.623. The van der Waals surface area contributed by atoms with Crippen LogP contribution >= 0.6 is 11.6 Å². The highest BCUT2D eigenvalue weighted by molar-refractivity contribution is 7.89. The van der Waals surface area contributed by atoms with Crippen LogP contribution < -0.4 is 10.0 Å². The van der Waals surface area contributed by atoms with Crippen LogP contribution in [0.15, 0.2) is 108 Å². The van der Waals surface area contributed by atoms with E-state index in [0.717, 1.165) is 27.9 Å². The molecule has 6 nitrogen and oxygen atoms in total. The predicted octanol–water partition coefficient (Wildman–Crippen LogP) is 5.91. The lowest BCUT2D eigenvalue weighted by molar-refractivity contribution is -0.140. The summed E-state index contributed by atoms with van der Waals surface area (Å²) in [6, 6.07) is 31.0. The largest absolute Gasteiger partial charge is 0.480 e. The molecule has 1 aliphatic rings. The third kappa shape index (κ3) is 5.39. The Labute approximate surface area is 221 Å². The molecule has 0 saturated heterocycles. The summed E-state index contributed by atoms with van der Waals surface area (Å²) in [5, 5.41) is 14.0. The molecule has 2 atom stereocenters. The lowest BCUT2D eigenvalue weighted by atomic mass is 10.1. The summed E-state index contributed by atoms with van der Waals surface area (Å²) in [7, 11) is -4.07. The maximum atomic E-state index is 13.2. The lowest BCUT2D eigenvalue weighted by Crippen LogP contribution is -2.44. The van der Waals surface area contributed by atoms with Gasteiger partial charge in [-0.1, -0.05) is 78.3 Å². The summed E-state index contributed by atoms with van der Waals surface area (Å²) in [5.41, 5.74) is 2.86. The molecule has 37 heavy (non-hydrogen) atoms. The Morgan fingerprint density at radius 1 is 0.892 bits per heavy atom. The van der Waals surface area contributed by atoms with Crippen LogP contribution in [-0.2, 0) is 21.4 Å². The summed E-state index contributed by atoms with van der Waals surface area (Å²) in [4.78, 5) is 12.3. The van der Waals surface area contributed by atoms with E-state index in [2.05, 4.69) is 10.0 Å². The van der Waals surface area contributed by atoms with Crippen LogP contribution in [0.2, 0.25) is 5.02 Å². The van der Waals surface area contributed by atoms with Crippen LogP contribution in [0.4, 0.5) is 5.69 Å². The summed E-state index contributed by atoms with van der Waals surface area (Å²) in [5.74, 6) is -1.67. The number of sulfonamides is 1. The Morgan fingerprint density at radius 3 is 2.19 bits per heavy atom. The Morgan fingerprint density at radius 2 is 1.54 bits per heavy atom. The predicted molar refractivity (Wildman–Crippen MR) is 145 cm³/mol. The van der Waals surface area contributed by atoms with E-state index < -0.39 is 27.4 Å². The second-order valence-corrected chi connectivity index (χ2v) is 11.3. The number of halogens is 1. The first-order valence-corrected chi connectivity index (χ1v) is 13.6. The van der Waals surface area contributed by atoms with Crippen molar-refractivity contribution in [3.05, 3.63) is 119 Å². The zero-order valence-corrected chi connectivity index (χ0v) is 21.3. The number of rotatable bonds is 9. The van der Waals surface area contributed by atoms with Gasteiger partial charge in [-0.3, -0.25) is 4.79 Å². The van der Waals surface area contributed by atoms with Crippen LogP contribution in [-0.4, -0.2) is 25.0 Å². The van der Waals surface area contributed by atoms with Crippen molar-refractivity contribution in [2.45, 2.75) is 29.3 Å². The third-order valence-electron chi connectivity index (χ3n) is 6.63. The highest BCUT2D eigenvalue weighted by Gasteiger charge is 2.63. The standard InChI is InChI=1S/C29H25ClN2O4S/c30-24-13-9-21(10-14-24)22-11-15-26(16-12-22)37(35,36)32-29(28(33)34)18-27(29)23-7-4-8-25(17-23)31-19-20-5-2-1-3-6-20/h1-17,27,31-32H,18-19H2,(H,33,34). The van der Waals surface area contributed by atoms with Gasteiger partial charge in [0.25, 0.3) is 0 Å². The average Bonchev–Trinajstić information content (AvgIpc) is 3.64. The molecular formula is C29H25ClN2O4S. The molecule has 4 aromatic carbocycles. The topological polar surface area (TPSA) is 95.5 Å². The zero-order chi connectivity index (χ0) is 26.0. The Kier molecular flexibility index (Phi) is 6.77. The minimum atomic E-state index is -4.07. The molecule has 4 aromatic rings. The molecular weight excluding hydrogens is 508 g/mol. The Hall–Kier alpha value is -3.65. The molecule has 0 amide bonds. The number of aliphatic carboxylic acids is 1. The van der Waals surface area contributed by atoms with Crippen LogP contribution in [0.1, 0.15) is 23.5 Å². The number of carboxylic acids is 1. The molecule has 2 unspecified atom stereocenters. The van der Waals surface area contributed by atoms with Crippen molar-refractivity contribution in [3.8, 4) is 11.1 Å². The van der Waals surface area contributed by atoms with Crippen molar-refractivity contribution in [3.63, 3.8) is 0 Å². The highest BCUT2D eigenvalue weighted by atomic mass is 35.5. The molecule has 0 bridgehead atoms. The van der Waals surface area contributed by atoms with Crippen LogP contribution in [0.3, 0.4) is 0 Å². The second kappa shape index (κ2) is 10.0. The van der Waals surface area contributed by atoms with E-state index in [1.54, 1.807) is 24.3 Å². The summed E-state index contributed by atoms with van der Waals surface area (Å²) in [6.07, 6.45) is 0.173. The van der Waals surface area contributed by atoms with Crippen molar-refractivity contribution < 1.29 is 18.3 Å². The number of anilines is 1. The van der Waals surface area contributed by atoms with Crippen molar-refractivity contribution in [1.29, 1.82) is 0 Å². The van der Waals surface area contributed by atoms with Gasteiger partial charge in [-0.25, -0.2) is 8.42 Å². The SMILES string of the molecule is O=C(O)C1(NS(=O)(=O)c2ccc(-c3ccc(Cl)cc3)cc2)CC1c1cccc(NCc2ccccc2)c1. The normalized spacial score (nSPS) is 18.8. The molecule has 0 aliphatic heterocycles. The first-order valence-electron chi connectivity index (χ1n) is 11.8. The van der Waals surface area contributed by atoms with Gasteiger partial charge in [0.2, 0.25) is 10.0 Å². The van der Waals surface area contributed by atoms with Gasteiger partial charge < -0.3 is 10.4 Å². The van der Waals surface area contributed by atoms with E-state index >= 15 is 0 Å². The minimum Gasteiger partial charge on any atom is -0.480 e. The number of benzene rings is 4. The van der Waals surface area contributed by atoms with Gasteiger partial charge >= 0.3 is 5.97 Å². The molecule has 0 radical (unpaired) electrons. The lowest BCUT2D eigenvalue weighted by Gasteiger charge is -2.16. The molecule has 8 heteroatoms. The van der Waals surface area contributed by atoms with Gasteiger partial charge in [-0.15, -0.1) is 0 Å². The number of hydrogen-bond donors (Lipinski definition) is 3. The maximum Gasteiger partial charge on any atom is 0.325 e. The maximum absolute atomic E-state index is 13.2. The molecule has 3 N–H and O–H groups in total. The number of hydrogen-bond acceptors (Lipinski definition) is 4. The van der Waals surface area contributed by atoms with E-state index in [1.807, 2.05) is 66.7 Å². The Bertz CT molecular complexity index is 1520. The van der Waals surface area contributed by atoms with E-state index in [0.29, 0.717) is 11.6 Å². The number of carbonyl (C=O) groups is 1. The molecule has 1 saturated carbocycles. The monoisotopic (exact) mass is 532 g/mol. The molecule has 188 valence electrons. The first kappa shape index (κ1) is 25.0. The highest BCUT2D eigenvalue weighted by Crippen LogP contribution is 2.52. The molecule has 0 aromatic heterocycles. The van der Waals surface area contributed by atoms with Crippen LogP contribution in [0.25, 0.3) is 11.1 Å². The summed E-state index contributed by atoms with van der Waals surface area (Å²) >= 11 is 5.94. The van der Waals surface area contributed by atoms with Gasteiger partial charge in [-0.05, 0) is 65.1 Å². The zero-order valence-electron chi connectivity index (χ0n) is 19.8. The van der Waals surface area contributed by atoms with Gasteiger partial charge in [0.15, 0.2) is 0 Å². The van der Waals surface area contributed by atoms with E-state index in [1.165, 1.54) is 12.1 Å². The molecule has 1 fully saturated rings. The number of carboxylic acid groups (broad SMARTS) is 1. The van der Waals surface area contributed by atoms with E-state index in [9.17, 15) is 18.3 Å². The minimum absolute atomic E-state index is 0.00904. The van der Waals surface area contributed by atoms with E-state index in [-0.39, 0.29) is 11.3 Å². The average molecular weight is 533 g/mol. The first-order chi connectivity index (χ1) is 17.8. The molecule has 1 aliphatic carbocycles. The van der Waals surface area contributed by atoms with Gasteiger partial charge in [0.1, 0.15) is 5.54 Å². The van der Waals surface area contributed by atoms with Gasteiger partial charge in [-0.2, -0.15) is 4.72 Å². The molecule has 5 rings (SSSR count). The fourth-order valence-corrected chi connectivity index (χ4v) is 6.02. The van der Waals surface area contributed by atoms with Crippen molar-refractivity contribution in [1.82, 2.24) is 4.72 Å². The second-order valence-electron chi connectivity index (χ2n) is 9.13. The van der Waals surface area contributed by atoms with Crippen LogP contribution in [0, 0.1) is 0 Å². The van der Waals surface area contributed by atoms with Crippen molar-refractivity contribution in [2.75, 3.05) is 5.32 Å².